The monoisotopic (exact) mass is 333 g/mol. The van der Waals surface area contributed by atoms with Crippen molar-refractivity contribution in [2.45, 2.75) is 26.3 Å². The average molecular weight is 334 g/mol. The highest BCUT2D eigenvalue weighted by Gasteiger charge is 2.15. The lowest BCUT2D eigenvalue weighted by molar-refractivity contribution is 0.0943. The van der Waals surface area contributed by atoms with Gasteiger partial charge in [0, 0.05) is 25.0 Å². The summed E-state index contributed by atoms with van der Waals surface area (Å²) in [5.41, 5.74) is 0.294. The molecule has 0 fully saturated rings. The van der Waals surface area contributed by atoms with Gasteiger partial charge in [-0.1, -0.05) is 18.5 Å². The van der Waals surface area contributed by atoms with E-state index in [9.17, 15) is 13.2 Å². The fourth-order valence-corrected chi connectivity index (χ4v) is 2.96. The number of sulfone groups is 1. The molecule has 1 aromatic heterocycles. The number of anilines is 1. The Hall–Kier alpha value is -1.34. The van der Waals surface area contributed by atoms with Gasteiger partial charge in [-0.3, -0.25) is 4.79 Å². The van der Waals surface area contributed by atoms with Crippen molar-refractivity contribution < 1.29 is 13.2 Å². The summed E-state index contributed by atoms with van der Waals surface area (Å²) in [6, 6.07) is 1.03. The quantitative estimate of drug-likeness (QED) is 0.793. The summed E-state index contributed by atoms with van der Waals surface area (Å²) in [6.45, 7) is 4.39. The van der Waals surface area contributed by atoms with Crippen molar-refractivity contribution in [1.29, 1.82) is 0 Å². The molecule has 1 rings (SSSR count). The molecule has 0 spiro atoms. The van der Waals surface area contributed by atoms with Gasteiger partial charge in [-0.25, -0.2) is 13.4 Å². The molecule has 6 nitrogen and oxygen atoms in total. The number of rotatable bonds is 7. The summed E-state index contributed by atoms with van der Waals surface area (Å²) in [5.74, 6) is 0.0117. The number of halogens is 1. The van der Waals surface area contributed by atoms with Gasteiger partial charge in [0.25, 0.3) is 5.91 Å². The highest BCUT2D eigenvalue weighted by Crippen LogP contribution is 2.20. The zero-order valence-corrected chi connectivity index (χ0v) is 13.9. The van der Waals surface area contributed by atoms with E-state index in [1.54, 1.807) is 6.92 Å². The maximum Gasteiger partial charge on any atom is 0.253 e. The number of carbonyl (C=O) groups excluding carboxylic acids is 1. The average Bonchev–Trinajstić information content (AvgIpc) is 2.34. The number of hydrogen-bond donors (Lipinski definition) is 2. The normalized spacial score (nSPS) is 12.8. The second kappa shape index (κ2) is 7.61. The highest BCUT2D eigenvalue weighted by molar-refractivity contribution is 7.90. The van der Waals surface area contributed by atoms with E-state index in [0.29, 0.717) is 16.4 Å². The third-order valence-corrected chi connectivity index (χ3v) is 3.97. The number of amides is 1. The molecule has 0 radical (unpaired) electrons. The van der Waals surface area contributed by atoms with Crippen LogP contribution < -0.4 is 10.6 Å². The molecule has 1 unspecified atom stereocenters. The van der Waals surface area contributed by atoms with Crippen LogP contribution >= 0.6 is 11.6 Å². The molecule has 1 aromatic rings. The van der Waals surface area contributed by atoms with E-state index in [1.165, 1.54) is 12.3 Å². The van der Waals surface area contributed by atoms with Gasteiger partial charge in [0.05, 0.1) is 16.3 Å². The first-order valence-corrected chi connectivity index (χ1v) is 9.04. The number of nitrogens with zero attached hydrogens (tertiary/aromatic N) is 1. The molecule has 1 amide bonds. The van der Waals surface area contributed by atoms with E-state index in [1.807, 2.05) is 6.92 Å². The van der Waals surface area contributed by atoms with Gasteiger partial charge in [0.15, 0.2) is 0 Å². The van der Waals surface area contributed by atoms with Crippen LogP contribution in [0.4, 0.5) is 5.82 Å². The number of hydrogen-bond acceptors (Lipinski definition) is 5. The smallest absolute Gasteiger partial charge is 0.253 e. The third-order valence-electron chi connectivity index (χ3n) is 2.58. The van der Waals surface area contributed by atoms with Crippen molar-refractivity contribution in [2.75, 3.05) is 23.9 Å². The van der Waals surface area contributed by atoms with Crippen molar-refractivity contribution in [3.8, 4) is 0 Å². The maximum atomic E-state index is 12.0. The van der Waals surface area contributed by atoms with Crippen LogP contribution in [-0.4, -0.2) is 43.9 Å². The lowest BCUT2D eigenvalue weighted by atomic mass is 10.2. The minimum absolute atomic E-state index is 0.115. The molecule has 0 saturated carbocycles. The van der Waals surface area contributed by atoms with Crippen LogP contribution in [0.3, 0.4) is 0 Å². The van der Waals surface area contributed by atoms with Gasteiger partial charge < -0.3 is 10.6 Å². The van der Waals surface area contributed by atoms with Crippen LogP contribution in [-0.2, 0) is 9.84 Å². The van der Waals surface area contributed by atoms with Gasteiger partial charge in [0.2, 0.25) is 0 Å². The van der Waals surface area contributed by atoms with Crippen LogP contribution in [0.15, 0.2) is 12.3 Å². The fraction of sp³-hybridized carbons (Fsp3) is 0.538. The molecule has 0 aliphatic rings. The minimum atomic E-state index is -3.14. The van der Waals surface area contributed by atoms with Crippen molar-refractivity contribution >= 4 is 33.2 Å². The lowest BCUT2D eigenvalue weighted by Gasteiger charge is -2.13. The van der Waals surface area contributed by atoms with Crippen LogP contribution in [0.5, 0.6) is 0 Å². The lowest BCUT2D eigenvalue weighted by Crippen LogP contribution is -2.37. The van der Waals surface area contributed by atoms with E-state index in [-0.39, 0.29) is 5.75 Å². The molecule has 0 saturated heterocycles. The molecule has 2 N–H and O–H groups in total. The molecule has 0 aromatic carbocycles. The standard InChI is InChI=1S/C13H20ClN3O3S/c1-4-5-15-12-11(14)6-10(7-16-12)13(18)17-9(2)8-21(3,19)20/h6-7,9H,4-5,8H2,1-3H3,(H,15,16)(H,17,18). The van der Waals surface area contributed by atoms with Gasteiger partial charge >= 0.3 is 0 Å². The molecular formula is C13H20ClN3O3S. The molecule has 21 heavy (non-hydrogen) atoms. The van der Waals surface area contributed by atoms with Crippen LogP contribution in [0.1, 0.15) is 30.6 Å². The molecule has 118 valence electrons. The Balaban J connectivity index is 2.73. The SMILES string of the molecule is CCCNc1ncc(C(=O)NC(C)CS(C)(=O)=O)cc1Cl. The fourth-order valence-electron chi connectivity index (χ4n) is 1.74. The number of nitrogens with one attached hydrogen (secondary N) is 2. The largest absolute Gasteiger partial charge is 0.369 e. The van der Waals surface area contributed by atoms with Crippen molar-refractivity contribution in [3.05, 3.63) is 22.8 Å². The molecule has 0 bridgehead atoms. The van der Waals surface area contributed by atoms with E-state index in [4.69, 9.17) is 11.6 Å². The topological polar surface area (TPSA) is 88.2 Å². The molecule has 8 heteroatoms. The Labute approximate surface area is 130 Å². The number of aromatic nitrogens is 1. The Morgan fingerprint density at radius 3 is 2.67 bits per heavy atom. The van der Waals surface area contributed by atoms with Gasteiger partial charge in [-0.2, -0.15) is 0 Å². The number of pyridine rings is 1. The first-order chi connectivity index (χ1) is 9.73. The maximum absolute atomic E-state index is 12.0. The van der Waals surface area contributed by atoms with Crippen LogP contribution in [0.25, 0.3) is 0 Å². The Bertz CT molecular complexity index is 605. The highest BCUT2D eigenvalue weighted by atomic mass is 35.5. The molecule has 1 heterocycles. The summed E-state index contributed by atoms with van der Waals surface area (Å²) < 4.78 is 22.3. The van der Waals surface area contributed by atoms with E-state index in [0.717, 1.165) is 19.2 Å². The zero-order valence-electron chi connectivity index (χ0n) is 12.3. The summed E-state index contributed by atoms with van der Waals surface area (Å²) in [4.78, 5) is 16.1. The minimum Gasteiger partial charge on any atom is -0.369 e. The number of carbonyl (C=O) groups is 1. The molecule has 1 atom stereocenters. The molecule has 0 aliphatic carbocycles. The van der Waals surface area contributed by atoms with Crippen molar-refractivity contribution in [1.82, 2.24) is 10.3 Å². The molecular weight excluding hydrogens is 314 g/mol. The Morgan fingerprint density at radius 2 is 2.14 bits per heavy atom. The summed E-state index contributed by atoms with van der Waals surface area (Å²) in [7, 11) is -3.14. The second-order valence-electron chi connectivity index (χ2n) is 4.95. The van der Waals surface area contributed by atoms with Crippen molar-refractivity contribution in [3.63, 3.8) is 0 Å². The summed E-state index contributed by atoms with van der Waals surface area (Å²) in [6.07, 6.45) is 3.47. The van der Waals surface area contributed by atoms with Gasteiger partial charge in [0.1, 0.15) is 15.7 Å². The first-order valence-electron chi connectivity index (χ1n) is 6.61. The van der Waals surface area contributed by atoms with Crippen LogP contribution in [0.2, 0.25) is 5.02 Å². The van der Waals surface area contributed by atoms with Crippen LogP contribution in [0, 0.1) is 0 Å². The Morgan fingerprint density at radius 1 is 1.48 bits per heavy atom. The van der Waals surface area contributed by atoms with Crippen molar-refractivity contribution in [2.24, 2.45) is 0 Å². The predicted octanol–water partition coefficient (Wildman–Crippen LogP) is 1.72. The first kappa shape index (κ1) is 17.7. The summed E-state index contributed by atoms with van der Waals surface area (Å²) >= 11 is 6.05. The van der Waals surface area contributed by atoms with E-state index < -0.39 is 21.8 Å². The van der Waals surface area contributed by atoms with E-state index >= 15 is 0 Å². The van der Waals surface area contributed by atoms with Gasteiger partial charge in [-0.05, 0) is 19.4 Å². The third kappa shape index (κ3) is 6.31. The summed E-state index contributed by atoms with van der Waals surface area (Å²) in [5, 5.41) is 6.01. The zero-order chi connectivity index (χ0) is 16.0. The van der Waals surface area contributed by atoms with Gasteiger partial charge in [-0.15, -0.1) is 0 Å². The second-order valence-corrected chi connectivity index (χ2v) is 7.54. The molecule has 0 aliphatic heterocycles. The van der Waals surface area contributed by atoms with E-state index in [2.05, 4.69) is 15.6 Å². The Kier molecular flexibility index (Phi) is 6.42. The predicted molar refractivity (Wildman–Crippen MR) is 84.7 cm³/mol.